The van der Waals surface area contributed by atoms with Gasteiger partial charge in [0.15, 0.2) is 0 Å². The van der Waals surface area contributed by atoms with Crippen LogP contribution in [-0.2, 0) is 4.79 Å². The summed E-state index contributed by atoms with van der Waals surface area (Å²) < 4.78 is 0. The zero-order valence-corrected chi connectivity index (χ0v) is 11.5. The van der Waals surface area contributed by atoms with E-state index in [1.807, 2.05) is 6.92 Å². The summed E-state index contributed by atoms with van der Waals surface area (Å²) >= 11 is 0. The van der Waals surface area contributed by atoms with Crippen LogP contribution in [0.15, 0.2) is 24.3 Å². The highest BCUT2D eigenvalue weighted by Crippen LogP contribution is 2.34. The van der Waals surface area contributed by atoms with Crippen molar-refractivity contribution in [2.24, 2.45) is 5.41 Å². The van der Waals surface area contributed by atoms with Crippen molar-refractivity contribution >= 4 is 17.3 Å². The van der Waals surface area contributed by atoms with Gasteiger partial charge in [-0.1, -0.05) is 25.5 Å². The van der Waals surface area contributed by atoms with E-state index >= 15 is 0 Å². The number of hydrogen-bond acceptors (Lipinski definition) is 4. The van der Waals surface area contributed by atoms with Gasteiger partial charge in [0, 0.05) is 12.6 Å². The second-order valence-corrected chi connectivity index (χ2v) is 5.19. The summed E-state index contributed by atoms with van der Waals surface area (Å²) in [6.07, 6.45) is 2.46. The lowest BCUT2D eigenvalue weighted by molar-refractivity contribution is -0.383. The topological polar surface area (TPSA) is 84.3 Å². The number of nitro groups is 1. The Morgan fingerprint density at radius 3 is 2.85 bits per heavy atom. The molecule has 1 saturated heterocycles. The standard InChI is InChI=1S/C14H19N3O3/c1-2-7-14(8-9-15-10-14)13(18)16-11-5-3-4-6-12(11)17(19)20/h3-6,15H,2,7-10H2,1H3,(H,16,18). The molecule has 1 amide bonds. The summed E-state index contributed by atoms with van der Waals surface area (Å²) in [6.45, 7) is 3.48. The Kier molecular flexibility index (Phi) is 4.34. The van der Waals surface area contributed by atoms with Crippen molar-refractivity contribution in [1.82, 2.24) is 5.32 Å². The van der Waals surface area contributed by atoms with E-state index in [1.54, 1.807) is 18.2 Å². The maximum absolute atomic E-state index is 12.5. The van der Waals surface area contributed by atoms with Gasteiger partial charge in [-0.3, -0.25) is 14.9 Å². The van der Waals surface area contributed by atoms with Gasteiger partial charge in [-0.15, -0.1) is 0 Å². The molecule has 20 heavy (non-hydrogen) atoms. The minimum atomic E-state index is -0.477. The molecule has 0 spiro atoms. The number of rotatable bonds is 5. The van der Waals surface area contributed by atoms with Crippen LogP contribution in [0, 0.1) is 15.5 Å². The molecule has 6 heteroatoms. The van der Waals surface area contributed by atoms with E-state index in [-0.39, 0.29) is 17.3 Å². The van der Waals surface area contributed by atoms with Gasteiger partial charge in [0.05, 0.1) is 10.3 Å². The first kappa shape index (κ1) is 14.5. The summed E-state index contributed by atoms with van der Waals surface area (Å²) in [7, 11) is 0. The van der Waals surface area contributed by atoms with Gasteiger partial charge in [-0.2, -0.15) is 0 Å². The number of benzene rings is 1. The molecule has 0 radical (unpaired) electrons. The molecular weight excluding hydrogens is 258 g/mol. The largest absolute Gasteiger partial charge is 0.320 e. The molecule has 1 aromatic carbocycles. The van der Waals surface area contributed by atoms with Crippen molar-refractivity contribution < 1.29 is 9.72 Å². The van der Waals surface area contributed by atoms with Crippen molar-refractivity contribution in [3.8, 4) is 0 Å². The van der Waals surface area contributed by atoms with Crippen LogP contribution in [0.3, 0.4) is 0 Å². The molecule has 6 nitrogen and oxygen atoms in total. The number of hydrogen-bond donors (Lipinski definition) is 2. The van der Waals surface area contributed by atoms with Crippen LogP contribution in [0.4, 0.5) is 11.4 Å². The summed E-state index contributed by atoms with van der Waals surface area (Å²) in [4.78, 5) is 23.0. The number of anilines is 1. The Bertz CT molecular complexity index is 510. The van der Waals surface area contributed by atoms with Gasteiger partial charge in [-0.25, -0.2) is 0 Å². The lowest BCUT2D eigenvalue weighted by Crippen LogP contribution is -2.38. The molecule has 0 bridgehead atoms. The molecule has 1 atom stereocenters. The van der Waals surface area contributed by atoms with E-state index in [0.29, 0.717) is 6.54 Å². The third-order valence-corrected chi connectivity index (χ3v) is 3.80. The van der Waals surface area contributed by atoms with Gasteiger partial charge in [0.1, 0.15) is 5.69 Å². The first-order valence-corrected chi connectivity index (χ1v) is 6.85. The predicted octanol–water partition coefficient (Wildman–Crippen LogP) is 2.31. The molecule has 1 aromatic rings. The summed E-state index contributed by atoms with van der Waals surface area (Å²) in [5, 5.41) is 16.9. The third-order valence-electron chi connectivity index (χ3n) is 3.80. The third kappa shape index (κ3) is 2.80. The van der Waals surface area contributed by atoms with Crippen molar-refractivity contribution in [3.05, 3.63) is 34.4 Å². The van der Waals surface area contributed by atoms with E-state index in [9.17, 15) is 14.9 Å². The van der Waals surface area contributed by atoms with Gasteiger partial charge < -0.3 is 10.6 Å². The maximum atomic E-state index is 12.5. The Labute approximate surface area is 117 Å². The van der Waals surface area contributed by atoms with E-state index < -0.39 is 10.3 Å². The zero-order chi connectivity index (χ0) is 14.6. The highest BCUT2D eigenvalue weighted by molar-refractivity contribution is 5.97. The second kappa shape index (κ2) is 6.00. The molecular formula is C14H19N3O3. The molecule has 1 aliphatic rings. The smallest absolute Gasteiger partial charge is 0.292 e. The minimum absolute atomic E-state index is 0.0709. The fourth-order valence-corrected chi connectivity index (χ4v) is 2.74. The SMILES string of the molecule is CCCC1(C(=O)Nc2ccccc2[N+](=O)[O-])CCNC1. The quantitative estimate of drug-likeness (QED) is 0.639. The second-order valence-electron chi connectivity index (χ2n) is 5.19. The number of nitrogens with zero attached hydrogens (tertiary/aromatic N) is 1. The Morgan fingerprint density at radius 2 is 2.25 bits per heavy atom. The lowest BCUT2D eigenvalue weighted by Gasteiger charge is -2.26. The summed E-state index contributed by atoms with van der Waals surface area (Å²) in [6, 6.07) is 6.24. The molecule has 2 N–H and O–H groups in total. The molecule has 1 unspecified atom stereocenters. The number of carbonyl (C=O) groups is 1. The van der Waals surface area contributed by atoms with Crippen LogP contribution in [0.1, 0.15) is 26.2 Å². The molecule has 2 rings (SSSR count). The maximum Gasteiger partial charge on any atom is 0.292 e. The first-order chi connectivity index (χ1) is 9.59. The van der Waals surface area contributed by atoms with Crippen LogP contribution in [-0.4, -0.2) is 23.9 Å². The van der Waals surface area contributed by atoms with Gasteiger partial charge in [0.2, 0.25) is 5.91 Å². The Balaban J connectivity index is 2.21. The van der Waals surface area contributed by atoms with Gasteiger partial charge >= 0.3 is 0 Å². The molecule has 0 aliphatic carbocycles. The van der Waals surface area contributed by atoms with Crippen LogP contribution in [0.2, 0.25) is 0 Å². The first-order valence-electron chi connectivity index (χ1n) is 6.85. The summed E-state index contributed by atoms with van der Waals surface area (Å²) in [5.41, 5.74) is -0.248. The lowest BCUT2D eigenvalue weighted by atomic mass is 9.81. The van der Waals surface area contributed by atoms with E-state index in [2.05, 4.69) is 10.6 Å². The van der Waals surface area contributed by atoms with Crippen molar-refractivity contribution in [2.45, 2.75) is 26.2 Å². The summed E-state index contributed by atoms with van der Waals surface area (Å²) in [5.74, 6) is -0.126. The fourth-order valence-electron chi connectivity index (χ4n) is 2.74. The van der Waals surface area contributed by atoms with E-state index in [0.717, 1.165) is 25.8 Å². The molecule has 108 valence electrons. The predicted molar refractivity (Wildman–Crippen MR) is 76.6 cm³/mol. The van der Waals surface area contributed by atoms with Crippen LogP contribution < -0.4 is 10.6 Å². The average molecular weight is 277 g/mol. The molecule has 1 aliphatic heterocycles. The molecule has 1 heterocycles. The highest BCUT2D eigenvalue weighted by atomic mass is 16.6. The van der Waals surface area contributed by atoms with Crippen molar-refractivity contribution in [2.75, 3.05) is 18.4 Å². The van der Waals surface area contributed by atoms with Crippen molar-refractivity contribution in [1.29, 1.82) is 0 Å². The van der Waals surface area contributed by atoms with Crippen LogP contribution >= 0.6 is 0 Å². The Hall–Kier alpha value is -1.95. The number of amides is 1. The van der Waals surface area contributed by atoms with Gasteiger partial charge in [0.25, 0.3) is 5.69 Å². The van der Waals surface area contributed by atoms with Crippen LogP contribution in [0.25, 0.3) is 0 Å². The van der Waals surface area contributed by atoms with Crippen molar-refractivity contribution in [3.63, 3.8) is 0 Å². The molecule has 0 aromatic heterocycles. The zero-order valence-electron chi connectivity index (χ0n) is 11.5. The highest BCUT2D eigenvalue weighted by Gasteiger charge is 2.40. The normalized spacial score (nSPS) is 21.6. The fraction of sp³-hybridized carbons (Fsp3) is 0.500. The average Bonchev–Trinajstić information content (AvgIpc) is 2.89. The molecule has 0 saturated carbocycles. The minimum Gasteiger partial charge on any atom is -0.320 e. The monoisotopic (exact) mass is 277 g/mol. The number of para-hydroxylation sites is 2. The van der Waals surface area contributed by atoms with E-state index in [1.165, 1.54) is 6.07 Å². The number of carbonyl (C=O) groups excluding carboxylic acids is 1. The molecule has 1 fully saturated rings. The van der Waals surface area contributed by atoms with Gasteiger partial charge in [-0.05, 0) is 25.5 Å². The number of nitrogens with one attached hydrogen (secondary N) is 2. The van der Waals surface area contributed by atoms with E-state index in [4.69, 9.17) is 0 Å². The number of nitro benzene ring substituents is 1. The van der Waals surface area contributed by atoms with Crippen LogP contribution in [0.5, 0.6) is 0 Å². The Morgan fingerprint density at radius 1 is 1.50 bits per heavy atom.